The lowest BCUT2D eigenvalue weighted by atomic mass is 10.0. The van der Waals surface area contributed by atoms with Gasteiger partial charge in [0.2, 0.25) is 0 Å². The van der Waals surface area contributed by atoms with E-state index in [0.29, 0.717) is 0 Å². The van der Waals surface area contributed by atoms with Gasteiger partial charge in [0.25, 0.3) is 0 Å². The number of piperidine rings is 1. The molecule has 1 N–H and O–H groups in total. The van der Waals surface area contributed by atoms with Crippen LogP contribution in [0.1, 0.15) is 52.4 Å². The predicted molar refractivity (Wildman–Crippen MR) is 64.8 cm³/mol. The molecule has 15 heavy (non-hydrogen) atoms. The number of quaternary nitrogens is 1. The van der Waals surface area contributed by atoms with Crippen LogP contribution in [0.4, 0.5) is 0 Å². The summed E-state index contributed by atoms with van der Waals surface area (Å²) < 4.78 is 1.20. The third-order valence-electron chi connectivity index (χ3n) is 3.74. The second-order valence-electron chi connectivity index (χ2n) is 5.20. The molecular formula is C13H28NO+. The Balaban J connectivity index is 2.49. The fourth-order valence-corrected chi connectivity index (χ4v) is 2.80. The largest absolute Gasteiger partial charge is 0.387 e. The molecule has 0 saturated carbocycles. The maximum atomic E-state index is 9.83. The number of nitrogens with zero attached hydrogens (tertiary/aromatic N) is 1. The Morgan fingerprint density at radius 1 is 1.13 bits per heavy atom. The van der Waals surface area contributed by atoms with Gasteiger partial charge in [-0.1, -0.05) is 26.7 Å². The second-order valence-corrected chi connectivity index (χ2v) is 5.20. The standard InChI is InChI=1S/C13H28NO/c1-3-5-9-14(10-6-4-2)11-7-8-13(15)12-14/h13,15H,3-12H2,1-2H3/q+1. The van der Waals surface area contributed by atoms with Gasteiger partial charge in [-0.05, 0) is 25.7 Å². The Kier molecular flexibility index (Phi) is 5.62. The van der Waals surface area contributed by atoms with E-state index in [2.05, 4.69) is 13.8 Å². The Morgan fingerprint density at radius 3 is 2.20 bits per heavy atom. The lowest BCUT2D eigenvalue weighted by molar-refractivity contribution is -0.935. The number of aliphatic hydroxyl groups is 1. The van der Waals surface area contributed by atoms with Crippen LogP contribution >= 0.6 is 0 Å². The first-order valence-electron chi connectivity index (χ1n) is 6.75. The van der Waals surface area contributed by atoms with Crippen molar-refractivity contribution in [2.24, 2.45) is 0 Å². The van der Waals surface area contributed by atoms with Crippen molar-refractivity contribution in [2.45, 2.75) is 58.5 Å². The molecule has 1 aliphatic heterocycles. The van der Waals surface area contributed by atoms with Crippen molar-refractivity contribution in [3.8, 4) is 0 Å². The third-order valence-corrected chi connectivity index (χ3v) is 3.74. The summed E-state index contributed by atoms with van der Waals surface area (Å²) in [7, 11) is 0. The molecule has 0 radical (unpaired) electrons. The van der Waals surface area contributed by atoms with E-state index in [1.165, 1.54) is 56.2 Å². The van der Waals surface area contributed by atoms with Crippen LogP contribution in [0.5, 0.6) is 0 Å². The van der Waals surface area contributed by atoms with E-state index in [0.717, 1.165) is 13.0 Å². The normalized spacial score (nSPS) is 25.4. The average Bonchev–Trinajstić information content (AvgIpc) is 2.24. The number of hydrogen-bond donors (Lipinski definition) is 1. The van der Waals surface area contributed by atoms with Gasteiger partial charge in [0.15, 0.2) is 0 Å². The van der Waals surface area contributed by atoms with Gasteiger partial charge >= 0.3 is 0 Å². The highest BCUT2D eigenvalue weighted by atomic mass is 16.3. The molecule has 1 heterocycles. The average molecular weight is 214 g/mol. The molecule has 1 atom stereocenters. The molecule has 0 aromatic heterocycles. The summed E-state index contributed by atoms with van der Waals surface area (Å²) in [5.41, 5.74) is 0. The highest BCUT2D eigenvalue weighted by molar-refractivity contribution is 4.63. The van der Waals surface area contributed by atoms with Crippen LogP contribution in [-0.4, -0.2) is 41.9 Å². The number of hydrogen-bond acceptors (Lipinski definition) is 1. The van der Waals surface area contributed by atoms with Gasteiger partial charge in [0, 0.05) is 0 Å². The third kappa shape index (κ3) is 4.12. The van der Waals surface area contributed by atoms with Crippen LogP contribution < -0.4 is 0 Å². The van der Waals surface area contributed by atoms with Crippen molar-refractivity contribution in [1.82, 2.24) is 0 Å². The lowest BCUT2D eigenvalue weighted by Gasteiger charge is -2.43. The maximum Gasteiger partial charge on any atom is 0.105 e. The van der Waals surface area contributed by atoms with Crippen LogP contribution in [0.2, 0.25) is 0 Å². The molecule has 1 unspecified atom stereocenters. The minimum atomic E-state index is -0.0348. The quantitative estimate of drug-likeness (QED) is 0.674. The molecule has 1 rings (SSSR count). The molecule has 2 nitrogen and oxygen atoms in total. The van der Waals surface area contributed by atoms with E-state index >= 15 is 0 Å². The predicted octanol–water partition coefficient (Wildman–Crippen LogP) is 2.56. The van der Waals surface area contributed by atoms with Gasteiger partial charge in [0.05, 0.1) is 19.6 Å². The van der Waals surface area contributed by atoms with Gasteiger partial charge in [-0.25, -0.2) is 0 Å². The summed E-state index contributed by atoms with van der Waals surface area (Å²) in [4.78, 5) is 0. The highest BCUT2D eigenvalue weighted by Crippen LogP contribution is 2.21. The Bertz CT molecular complexity index is 162. The first-order chi connectivity index (χ1) is 7.22. The Morgan fingerprint density at radius 2 is 1.73 bits per heavy atom. The van der Waals surface area contributed by atoms with E-state index in [-0.39, 0.29) is 6.10 Å². The van der Waals surface area contributed by atoms with Crippen molar-refractivity contribution in [2.75, 3.05) is 26.2 Å². The summed E-state index contributed by atoms with van der Waals surface area (Å²) in [6.45, 7) is 9.41. The zero-order chi connectivity index (χ0) is 11.1. The lowest BCUT2D eigenvalue weighted by Crippen LogP contribution is -2.56. The Hall–Kier alpha value is -0.0800. The van der Waals surface area contributed by atoms with Gasteiger partial charge in [-0.3, -0.25) is 0 Å². The fourth-order valence-electron chi connectivity index (χ4n) is 2.80. The minimum absolute atomic E-state index is 0.0348. The van der Waals surface area contributed by atoms with E-state index in [1.807, 2.05) is 0 Å². The molecule has 0 aromatic carbocycles. The summed E-state index contributed by atoms with van der Waals surface area (Å²) in [6.07, 6.45) is 7.40. The molecule has 90 valence electrons. The van der Waals surface area contributed by atoms with E-state index < -0.39 is 0 Å². The Labute approximate surface area is 94.9 Å². The van der Waals surface area contributed by atoms with Crippen molar-refractivity contribution in [3.05, 3.63) is 0 Å². The summed E-state index contributed by atoms with van der Waals surface area (Å²) in [5.74, 6) is 0. The number of aliphatic hydroxyl groups excluding tert-OH is 1. The molecule has 1 saturated heterocycles. The molecule has 0 aliphatic carbocycles. The summed E-state index contributed by atoms with van der Waals surface area (Å²) >= 11 is 0. The zero-order valence-electron chi connectivity index (χ0n) is 10.5. The van der Waals surface area contributed by atoms with Crippen LogP contribution in [0.15, 0.2) is 0 Å². The smallest absolute Gasteiger partial charge is 0.105 e. The van der Waals surface area contributed by atoms with Gasteiger partial charge < -0.3 is 9.59 Å². The molecular weight excluding hydrogens is 186 g/mol. The first kappa shape index (κ1) is 13.0. The van der Waals surface area contributed by atoms with E-state index in [9.17, 15) is 5.11 Å². The second kappa shape index (κ2) is 6.49. The van der Waals surface area contributed by atoms with Crippen molar-refractivity contribution >= 4 is 0 Å². The minimum Gasteiger partial charge on any atom is -0.387 e. The van der Waals surface area contributed by atoms with Crippen LogP contribution in [0.25, 0.3) is 0 Å². The zero-order valence-corrected chi connectivity index (χ0v) is 10.5. The number of likely N-dealkylation sites (tertiary alicyclic amines) is 1. The SMILES string of the molecule is CCCC[N+]1(CCCC)CCCC(O)C1. The van der Waals surface area contributed by atoms with Crippen molar-refractivity contribution in [3.63, 3.8) is 0 Å². The van der Waals surface area contributed by atoms with E-state index in [4.69, 9.17) is 0 Å². The monoisotopic (exact) mass is 214 g/mol. The van der Waals surface area contributed by atoms with E-state index in [1.54, 1.807) is 0 Å². The number of rotatable bonds is 6. The van der Waals surface area contributed by atoms with Gasteiger partial charge in [-0.15, -0.1) is 0 Å². The fraction of sp³-hybridized carbons (Fsp3) is 1.00. The summed E-state index contributed by atoms with van der Waals surface area (Å²) in [5, 5.41) is 9.83. The highest BCUT2D eigenvalue weighted by Gasteiger charge is 2.32. The maximum absolute atomic E-state index is 9.83. The molecule has 0 aromatic rings. The number of unbranched alkanes of at least 4 members (excludes halogenated alkanes) is 2. The first-order valence-corrected chi connectivity index (χ1v) is 6.75. The summed E-state index contributed by atoms with van der Waals surface area (Å²) in [6, 6.07) is 0. The van der Waals surface area contributed by atoms with Crippen LogP contribution in [-0.2, 0) is 0 Å². The van der Waals surface area contributed by atoms with Crippen LogP contribution in [0.3, 0.4) is 0 Å². The van der Waals surface area contributed by atoms with Gasteiger partial charge in [-0.2, -0.15) is 0 Å². The van der Waals surface area contributed by atoms with Crippen LogP contribution in [0, 0.1) is 0 Å². The molecule has 0 spiro atoms. The molecule has 1 aliphatic rings. The molecule has 1 fully saturated rings. The van der Waals surface area contributed by atoms with Gasteiger partial charge in [0.1, 0.15) is 12.6 Å². The molecule has 0 bridgehead atoms. The van der Waals surface area contributed by atoms with Crippen molar-refractivity contribution < 1.29 is 9.59 Å². The van der Waals surface area contributed by atoms with Crippen molar-refractivity contribution in [1.29, 1.82) is 0 Å². The topological polar surface area (TPSA) is 20.2 Å². The molecule has 0 amide bonds. The molecule has 2 heteroatoms.